The molecule has 1 rings (SSSR count). The van der Waals surface area contributed by atoms with Crippen LogP contribution in [0.4, 0.5) is 5.82 Å². The highest BCUT2D eigenvalue weighted by atomic mass is 35.5. The first kappa shape index (κ1) is 13.2. The van der Waals surface area contributed by atoms with Crippen LogP contribution in [0.15, 0.2) is 12.3 Å². The number of halogens is 1. The molecule has 0 aliphatic rings. The van der Waals surface area contributed by atoms with Crippen molar-refractivity contribution < 1.29 is 5.11 Å². The largest absolute Gasteiger partial charge is 0.394 e. The highest BCUT2D eigenvalue weighted by Crippen LogP contribution is 2.24. The molecule has 1 heterocycles. The standard InChI is InChI=1S/C11H18ClN3O/c1-7(2)9(6-16)15-11-10(12)8(5-13)3-4-14-11/h3-4,7,9,16H,5-6,13H2,1-2H3,(H,14,15). The normalized spacial score (nSPS) is 12.9. The van der Waals surface area contributed by atoms with Crippen molar-refractivity contribution in [1.82, 2.24) is 4.98 Å². The molecule has 0 amide bonds. The van der Waals surface area contributed by atoms with Crippen LogP contribution in [0.5, 0.6) is 0 Å². The SMILES string of the molecule is CC(C)C(CO)Nc1nccc(CN)c1Cl. The first-order chi connectivity index (χ1) is 7.60. The quantitative estimate of drug-likeness (QED) is 0.735. The fraction of sp³-hybridized carbons (Fsp3) is 0.545. The third-order valence-corrected chi connectivity index (χ3v) is 2.93. The van der Waals surface area contributed by atoms with E-state index in [1.54, 1.807) is 12.3 Å². The van der Waals surface area contributed by atoms with Crippen molar-refractivity contribution in [3.8, 4) is 0 Å². The van der Waals surface area contributed by atoms with Gasteiger partial charge in [-0.25, -0.2) is 4.98 Å². The summed E-state index contributed by atoms with van der Waals surface area (Å²) in [6.07, 6.45) is 1.66. The molecule has 0 aliphatic heterocycles. The van der Waals surface area contributed by atoms with E-state index in [1.807, 2.05) is 13.8 Å². The third kappa shape index (κ3) is 3.07. The van der Waals surface area contributed by atoms with Crippen LogP contribution in [-0.2, 0) is 6.54 Å². The molecule has 1 aromatic heterocycles. The van der Waals surface area contributed by atoms with Gasteiger partial charge in [0.05, 0.1) is 17.7 Å². The minimum Gasteiger partial charge on any atom is -0.394 e. The zero-order valence-electron chi connectivity index (χ0n) is 9.57. The number of rotatable bonds is 5. The van der Waals surface area contributed by atoms with Gasteiger partial charge in [-0.2, -0.15) is 0 Å². The summed E-state index contributed by atoms with van der Waals surface area (Å²) in [5.74, 6) is 0.877. The molecule has 0 bridgehead atoms. The van der Waals surface area contributed by atoms with Crippen molar-refractivity contribution in [2.75, 3.05) is 11.9 Å². The maximum atomic E-state index is 9.22. The summed E-state index contributed by atoms with van der Waals surface area (Å²) in [6, 6.07) is 1.73. The Morgan fingerprint density at radius 1 is 1.56 bits per heavy atom. The molecule has 0 aromatic carbocycles. The van der Waals surface area contributed by atoms with Gasteiger partial charge in [-0.3, -0.25) is 0 Å². The summed E-state index contributed by atoms with van der Waals surface area (Å²) in [6.45, 7) is 4.47. The summed E-state index contributed by atoms with van der Waals surface area (Å²) >= 11 is 6.13. The predicted molar refractivity (Wildman–Crippen MR) is 66.5 cm³/mol. The molecule has 0 saturated carbocycles. The van der Waals surface area contributed by atoms with Crippen LogP contribution in [0.3, 0.4) is 0 Å². The fourth-order valence-corrected chi connectivity index (χ4v) is 1.58. The Balaban J connectivity index is 2.88. The van der Waals surface area contributed by atoms with Crippen LogP contribution in [0.2, 0.25) is 5.02 Å². The van der Waals surface area contributed by atoms with E-state index in [2.05, 4.69) is 10.3 Å². The van der Waals surface area contributed by atoms with Gasteiger partial charge in [0, 0.05) is 12.7 Å². The van der Waals surface area contributed by atoms with E-state index in [0.29, 0.717) is 23.3 Å². The van der Waals surface area contributed by atoms with Crippen LogP contribution >= 0.6 is 11.6 Å². The highest BCUT2D eigenvalue weighted by molar-refractivity contribution is 6.33. The average molecular weight is 244 g/mol. The number of hydrogen-bond donors (Lipinski definition) is 3. The lowest BCUT2D eigenvalue weighted by molar-refractivity contribution is 0.249. The van der Waals surface area contributed by atoms with Crippen LogP contribution in [0.1, 0.15) is 19.4 Å². The van der Waals surface area contributed by atoms with Gasteiger partial charge >= 0.3 is 0 Å². The molecule has 0 spiro atoms. The second kappa shape index (κ2) is 6.03. The molecule has 0 fully saturated rings. The van der Waals surface area contributed by atoms with E-state index >= 15 is 0 Å². The zero-order chi connectivity index (χ0) is 12.1. The van der Waals surface area contributed by atoms with E-state index in [0.717, 1.165) is 5.56 Å². The lowest BCUT2D eigenvalue weighted by atomic mass is 10.1. The first-order valence-electron chi connectivity index (χ1n) is 5.31. The van der Waals surface area contributed by atoms with Gasteiger partial charge in [0.25, 0.3) is 0 Å². The summed E-state index contributed by atoms with van der Waals surface area (Å²) in [4.78, 5) is 4.15. The van der Waals surface area contributed by atoms with Gasteiger partial charge in [-0.15, -0.1) is 0 Å². The minimum atomic E-state index is -0.0574. The molecule has 16 heavy (non-hydrogen) atoms. The molecule has 1 aromatic rings. The number of nitrogens with zero attached hydrogens (tertiary/aromatic N) is 1. The van der Waals surface area contributed by atoms with Crippen molar-refractivity contribution >= 4 is 17.4 Å². The van der Waals surface area contributed by atoms with Crippen LogP contribution < -0.4 is 11.1 Å². The number of aliphatic hydroxyl groups is 1. The molecule has 4 nitrogen and oxygen atoms in total. The summed E-state index contributed by atoms with van der Waals surface area (Å²) in [5, 5.41) is 12.9. The van der Waals surface area contributed by atoms with Crippen molar-refractivity contribution in [2.45, 2.75) is 26.4 Å². The lowest BCUT2D eigenvalue weighted by Crippen LogP contribution is -2.30. The summed E-state index contributed by atoms with van der Waals surface area (Å²) in [5.41, 5.74) is 6.40. The number of pyridine rings is 1. The molecule has 1 atom stereocenters. The van der Waals surface area contributed by atoms with E-state index < -0.39 is 0 Å². The number of aromatic nitrogens is 1. The topological polar surface area (TPSA) is 71.2 Å². The number of aliphatic hydroxyl groups excluding tert-OH is 1. The summed E-state index contributed by atoms with van der Waals surface area (Å²) in [7, 11) is 0. The van der Waals surface area contributed by atoms with Crippen molar-refractivity contribution in [3.63, 3.8) is 0 Å². The molecular weight excluding hydrogens is 226 g/mol. The Hall–Kier alpha value is -0.840. The number of hydrogen-bond acceptors (Lipinski definition) is 4. The molecule has 0 aliphatic carbocycles. The second-order valence-electron chi connectivity index (χ2n) is 4.01. The van der Waals surface area contributed by atoms with E-state index in [1.165, 1.54) is 0 Å². The van der Waals surface area contributed by atoms with Gasteiger partial charge < -0.3 is 16.2 Å². The summed E-state index contributed by atoms with van der Waals surface area (Å²) < 4.78 is 0. The molecule has 5 heteroatoms. The minimum absolute atomic E-state index is 0.0442. The Labute approximate surface area is 101 Å². The van der Waals surface area contributed by atoms with Gasteiger partial charge in [0.1, 0.15) is 5.82 Å². The number of nitrogens with one attached hydrogen (secondary N) is 1. The van der Waals surface area contributed by atoms with Crippen molar-refractivity contribution in [2.24, 2.45) is 11.7 Å². The van der Waals surface area contributed by atoms with E-state index in [4.69, 9.17) is 17.3 Å². The van der Waals surface area contributed by atoms with Gasteiger partial charge in [-0.05, 0) is 17.5 Å². The van der Waals surface area contributed by atoms with Crippen LogP contribution in [0, 0.1) is 5.92 Å². The number of anilines is 1. The molecule has 0 radical (unpaired) electrons. The van der Waals surface area contributed by atoms with E-state index in [-0.39, 0.29) is 12.6 Å². The lowest BCUT2D eigenvalue weighted by Gasteiger charge is -2.21. The molecule has 0 saturated heterocycles. The van der Waals surface area contributed by atoms with Gasteiger partial charge in [0.15, 0.2) is 0 Å². The highest BCUT2D eigenvalue weighted by Gasteiger charge is 2.15. The maximum absolute atomic E-state index is 9.22. The maximum Gasteiger partial charge on any atom is 0.145 e. The van der Waals surface area contributed by atoms with Crippen molar-refractivity contribution in [3.05, 3.63) is 22.8 Å². The van der Waals surface area contributed by atoms with Crippen molar-refractivity contribution in [1.29, 1.82) is 0 Å². The Kier molecular flexibility index (Phi) is 4.99. The molecular formula is C11H18ClN3O. The smallest absolute Gasteiger partial charge is 0.145 e. The van der Waals surface area contributed by atoms with E-state index in [9.17, 15) is 5.11 Å². The third-order valence-electron chi connectivity index (χ3n) is 2.51. The monoisotopic (exact) mass is 243 g/mol. The first-order valence-corrected chi connectivity index (χ1v) is 5.68. The van der Waals surface area contributed by atoms with Crippen LogP contribution in [0.25, 0.3) is 0 Å². The van der Waals surface area contributed by atoms with Gasteiger partial charge in [0.2, 0.25) is 0 Å². The molecule has 1 unspecified atom stereocenters. The van der Waals surface area contributed by atoms with Crippen LogP contribution in [-0.4, -0.2) is 22.7 Å². The fourth-order valence-electron chi connectivity index (χ4n) is 1.34. The molecule has 4 N–H and O–H groups in total. The second-order valence-corrected chi connectivity index (χ2v) is 4.39. The Morgan fingerprint density at radius 2 is 2.25 bits per heavy atom. The Bertz CT molecular complexity index is 344. The Morgan fingerprint density at radius 3 is 2.75 bits per heavy atom. The number of nitrogens with two attached hydrogens (primary N) is 1. The predicted octanol–water partition coefficient (Wildman–Crippen LogP) is 1.62. The molecule has 90 valence electrons. The zero-order valence-corrected chi connectivity index (χ0v) is 10.3. The van der Waals surface area contributed by atoms with Gasteiger partial charge in [-0.1, -0.05) is 25.4 Å². The average Bonchev–Trinajstić information content (AvgIpc) is 2.27.